The van der Waals surface area contributed by atoms with E-state index in [-0.39, 0.29) is 5.69 Å². The maximum atomic E-state index is 12.1. The number of esters is 1. The van der Waals surface area contributed by atoms with Crippen molar-refractivity contribution in [1.29, 1.82) is 0 Å². The number of hydrogen-bond acceptors (Lipinski definition) is 5. The minimum atomic E-state index is -0.419. The van der Waals surface area contributed by atoms with Gasteiger partial charge in [0.25, 0.3) is 5.91 Å². The minimum Gasteiger partial charge on any atom is -0.423 e. The number of ether oxygens (including phenoxy) is 1. The zero-order valence-corrected chi connectivity index (χ0v) is 14.9. The smallest absolute Gasteiger partial charge is 0.343 e. The van der Waals surface area contributed by atoms with E-state index in [4.69, 9.17) is 4.74 Å². The Kier molecular flexibility index (Phi) is 5.41. The number of aromatic amines is 1. The Morgan fingerprint density at radius 2 is 1.78 bits per heavy atom. The van der Waals surface area contributed by atoms with Gasteiger partial charge >= 0.3 is 5.97 Å². The first-order valence-corrected chi connectivity index (χ1v) is 8.25. The van der Waals surface area contributed by atoms with E-state index in [9.17, 15) is 9.59 Å². The molecule has 0 saturated heterocycles. The highest BCUT2D eigenvalue weighted by Crippen LogP contribution is 2.14. The standard InChI is InChI=1S/C20H18N4O3/c1-13-3-7-16(8-4-13)20(26)27-17-9-5-15(6-10-17)12-21-24-19(25)18-11-14(2)22-23-18/h3-12H,1-2H3,(H,22,23)(H,24,25)/b21-12+. The van der Waals surface area contributed by atoms with Crippen LogP contribution in [0.1, 0.15) is 37.7 Å². The predicted molar refractivity (Wildman–Crippen MR) is 101 cm³/mol. The Morgan fingerprint density at radius 1 is 1.07 bits per heavy atom. The molecule has 0 radical (unpaired) electrons. The number of aryl methyl sites for hydroxylation is 2. The van der Waals surface area contributed by atoms with Crippen molar-refractivity contribution in [2.24, 2.45) is 5.10 Å². The van der Waals surface area contributed by atoms with Gasteiger partial charge in [-0.25, -0.2) is 10.2 Å². The van der Waals surface area contributed by atoms with Gasteiger partial charge in [0, 0.05) is 5.69 Å². The van der Waals surface area contributed by atoms with E-state index in [2.05, 4.69) is 20.7 Å². The molecular formula is C20H18N4O3. The number of carbonyl (C=O) groups is 2. The number of amides is 1. The molecule has 0 aliphatic carbocycles. The highest BCUT2D eigenvalue weighted by Gasteiger charge is 2.09. The Bertz CT molecular complexity index is 973. The fourth-order valence-corrected chi connectivity index (χ4v) is 2.23. The van der Waals surface area contributed by atoms with E-state index in [1.807, 2.05) is 19.1 Å². The van der Waals surface area contributed by atoms with Crippen LogP contribution in [0.3, 0.4) is 0 Å². The molecule has 1 amide bonds. The lowest BCUT2D eigenvalue weighted by Gasteiger charge is -2.05. The van der Waals surface area contributed by atoms with Crippen molar-refractivity contribution in [3.63, 3.8) is 0 Å². The molecule has 0 fully saturated rings. The maximum absolute atomic E-state index is 12.1. The monoisotopic (exact) mass is 362 g/mol. The summed E-state index contributed by atoms with van der Waals surface area (Å²) in [6.07, 6.45) is 1.49. The van der Waals surface area contributed by atoms with Crippen LogP contribution in [-0.2, 0) is 0 Å². The van der Waals surface area contributed by atoms with Gasteiger partial charge < -0.3 is 4.74 Å². The number of H-pyrrole nitrogens is 1. The molecule has 3 rings (SSSR count). The van der Waals surface area contributed by atoms with Crippen molar-refractivity contribution in [3.05, 3.63) is 82.7 Å². The third-order valence-corrected chi connectivity index (χ3v) is 3.70. The van der Waals surface area contributed by atoms with Crippen LogP contribution in [0.5, 0.6) is 5.75 Å². The van der Waals surface area contributed by atoms with Crippen molar-refractivity contribution in [1.82, 2.24) is 15.6 Å². The van der Waals surface area contributed by atoms with E-state index in [0.29, 0.717) is 11.3 Å². The number of carbonyl (C=O) groups excluding carboxylic acids is 2. The van der Waals surface area contributed by atoms with Gasteiger partial charge in [-0.1, -0.05) is 17.7 Å². The average molecular weight is 362 g/mol. The lowest BCUT2D eigenvalue weighted by Crippen LogP contribution is -2.18. The third kappa shape index (κ3) is 4.88. The van der Waals surface area contributed by atoms with E-state index in [0.717, 1.165) is 16.8 Å². The number of aromatic nitrogens is 2. The van der Waals surface area contributed by atoms with Gasteiger partial charge in [-0.2, -0.15) is 10.2 Å². The molecule has 136 valence electrons. The molecule has 0 atom stereocenters. The van der Waals surface area contributed by atoms with Crippen molar-refractivity contribution < 1.29 is 14.3 Å². The minimum absolute atomic E-state index is 0.267. The number of nitrogens with zero attached hydrogens (tertiary/aromatic N) is 2. The van der Waals surface area contributed by atoms with Crippen molar-refractivity contribution in [2.75, 3.05) is 0 Å². The summed E-state index contributed by atoms with van der Waals surface area (Å²) in [5.74, 6) is -0.397. The van der Waals surface area contributed by atoms with Gasteiger partial charge in [0.05, 0.1) is 11.8 Å². The van der Waals surface area contributed by atoms with Crippen LogP contribution in [-0.4, -0.2) is 28.3 Å². The third-order valence-electron chi connectivity index (χ3n) is 3.70. The van der Waals surface area contributed by atoms with Gasteiger partial charge in [-0.15, -0.1) is 0 Å². The summed E-state index contributed by atoms with van der Waals surface area (Å²) in [5, 5.41) is 10.4. The van der Waals surface area contributed by atoms with Crippen molar-refractivity contribution in [2.45, 2.75) is 13.8 Å². The molecular weight excluding hydrogens is 344 g/mol. The van der Waals surface area contributed by atoms with Crippen molar-refractivity contribution in [3.8, 4) is 5.75 Å². The van der Waals surface area contributed by atoms with Crippen molar-refractivity contribution >= 4 is 18.1 Å². The number of hydrazone groups is 1. The molecule has 0 saturated carbocycles. The summed E-state index contributed by atoms with van der Waals surface area (Å²) < 4.78 is 5.33. The van der Waals surface area contributed by atoms with Gasteiger partial charge in [0.2, 0.25) is 0 Å². The first kappa shape index (κ1) is 18.1. The van der Waals surface area contributed by atoms with E-state index < -0.39 is 11.9 Å². The molecule has 2 aromatic carbocycles. The largest absolute Gasteiger partial charge is 0.423 e. The van der Waals surface area contributed by atoms with Crippen LogP contribution in [0.4, 0.5) is 0 Å². The zero-order valence-electron chi connectivity index (χ0n) is 14.9. The first-order valence-electron chi connectivity index (χ1n) is 8.25. The lowest BCUT2D eigenvalue weighted by atomic mass is 10.1. The molecule has 3 aromatic rings. The maximum Gasteiger partial charge on any atom is 0.343 e. The molecule has 0 aliphatic rings. The summed E-state index contributed by atoms with van der Waals surface area (Å²) in [6.45, 7) is 3.76. The van der Waals surface area contributed by atoms with E-state index in [1.165, 1.54) is 6.21 Å². The second-order valence-electron chi connectivity index (χ2n) is 5.96. The second kappa shape index (κ2) is 8.09. The molecule has 0 bridgehead atoms. The van der Waals surface area contributed by atoms with Crippen LogP contribution in [0.15, 0.2) is 59.7 Å². The molecule has 7 heteroatoms. The van der Waals surface area contributed by atoms with Crippen LogP contribution >= 0.6 is 0 Å². The Morgan fingerprint density at radius 3 is 2.41 bits per heavy atom. The number of hydrogen-bond donors (Lipinski definition) is 2. The SMILES string of the molecule is Cc1ccc(C(=O)Oc2ccc(/C=N/NC(=O)c3cc(C)[nH]n3)cc2)cc1. The van der Waals surface area contributed by atoms with Gasteiger partial charge in [0.15, 0.2) is 5.69 Å². The van der Waals surface area contributed by atoms with Crippen LogP contribution in [0.25, 0.3) is 0 Å². The van der Waals surface area contributed by atoms with E-state index >= 15 is 0 Å². The Hall–Kier alpha value is -3.74. The summed E-state index contributed by atoms with van der Waals surface area (Å²) in [6, 6.07) is 15.6. The van der Waals surface area contributed by atoms with Crippen LogP contribution in [0.2, 0.25) is 0 Å². The molecule has 2 N–H and O–H groups in total. The summed E-state index contributed by atoms with van der Waals surface area (Å²) in [7, 11) is 0. The Balaban J connectivity index is 1.56. The lowest BCUT2D eigenvalue weighted by molar-refractivity contribution is 0.0734. The molecule has 1 aromatic heterocycles. The van der Waals surface area contributed by atoms with Gasteiger partial charge in [0.1, 0.15) is 5.75 Å². The quantitative estimate of drug-likeness (QED) is 0.316. The number of nitrogens with one attached hydrogen (secondary N) is 2. The fraction of sp³-hybridized carbons (Fsp3) is 0.100. The van der Waals surface area contributed by atoms with Gasteiger partial charge in [-0.3, -0.25) is 9.89 Å². The second-order valence-corrected chi connectivity index (χ2v) is 5.96. The number of rotatable bonds is 5. The molecule has 1 heterocycles. The number of benzene rings is 2. The summed E-state index contributed by atoms with van der Waals surface area (Å²) in [5.41, 5.74) is 5.76. The fourth-order valence-electron chi connectivity index (χ4n) is 2.23. The summed E-state index contributed by atoms with van der Waals surface area (Å²) in [4.78, 5) is 23.9. The van der Waals surface area contributed by atoms with E-state index in [1.54, 1.807) is 49.4 Å². The Labute approximate surface area is 156 Å². The normalized spacial score (nSPS) is 10.7. The van der Waals surface area contributed by atoms with Gasteiger partial charge in [-0.05, 0) is 61.9 Å². The predicted octanol–water partition coefficient (Wildman–Crippen LogP) is 3.01. The molecule has 7 nitrogen and oxygen atoms in total. The topological polar surface area (TPSA) is 96.4 Å². The highest BCUT2D eigenvalue weighted by molar-refractivity contribution is 5.93. The van der Waals surface area contributed by atoms with Crippen LogP contribution < -0.4 is 10.2 Å². The first-order chi connectivity index (χ1) is 13.0. The molecule has 0 spiro atoms. The molecule has 0 aliphatic heterocycles. The average Bonchev–Trinajstić information content (AvgIpc) is 3.10. The molecule has 27 heavy (non-hydrogen) atoms. The zero-order chi connectivity index (χ0) is 19.2. The molecule has 0 unspecified atom stereocenters. The van der Waals surface area contributed by atoms with Crippen LogP contribution in [0, 0.1) is 13.8 Å². The highest BCUT2D eigenvalue weighted by atomic mass is 16.5. The summed E-state index contributed by atoms with van der Waals surface area (Å²) >= 11 is 0.